The molecular formula is C23H36O3. The molecule has 0 heterocycles. The third kappa shape index (κ3) is 12.6. The highest BCUT2D eigenvalue weighted by Gasteiger charge is 2.09. The molecule has 0 aliphatic rings. The van der Waals surface area contributed by atoms with Gasteiger partial charge in [0.2, 0.25) is 0 Å². The van der Waals surface area contributed by atoms with E-state index in [4.69, 9.17) is 0 Å². The maximum Gasteiger partial charge on any atom is 0.184 e. The van der Waals surface area contributed by atoms with Gasteiger partial charge in [0.15, 0.2) is 11.6 Å². The van der Waals surface area contributed by atoms with Crippen molar-refractivity contribution in [2.45, 2.75) is 86.2 Å². The summed E-state index contributed by atoms with van der Waals surface area (Å²) in [6, 6.07) is 0. The smallest absolute Gasteiger partial charge is 0.184 e. The third-order valence-electron chi connectivity index (χ3n) is 4.09. The average Bonchev–Trinajstić information content (AvgIpc) is 2.53. The van der Waals surface area contributed by atoms with E-state index in [1.165, 1.54) is 11.6 Å². The molecule has 3 nitrogen and oxygen atoms in total. The highest BCUT2D eigenvalue weighted by Crippen LogP contribution is 2.12. The van der Waals surface area contributed by atoms with Crippen molar-refractivity contribution in [2.75, 3.05) is 0 Å². The number of hydrogen-bond donors (Lipinski definition) is 1. The van der Waals surface area contributed by atoms with Crippen molar-refractivity contribution in [3.05, 3.63) is 46.6 Å². The summed E-state index contributed by atoms with van der Waals surface area (Å²) in [4.78, 5) is 23.7. The standard InChI is InChI=1S/C23H36O3/c1-7-22(25)23(26)16-20(6)13-9-12-19(5)15-21(24)14-18(4)11-8-10-17(2)3/h10,12,14,16,22,25H,7-9,11,13,15H2,1-6H3/b18-14+,19-12+,20-16+. The lowest BCUT2D eigenvalue weighted by Crippen LogP contribution is -2.16. The first-order valence-electron chi connectivity index (χ1n) is 9.53. The number of ketones is 2. The van der Waals surface area contributed by atoms with Crippen LogP contribution in [-0.2, 0) is 9.59 Å². The predicted octanol–water partition coefficient (Wildman–Crippen LogP) is 5.65. The van der Waals surface area contributed by atoms with E-state index in [-0.39, 0.29) is 11.6 Å². The molecule has 0 bridgehead atoms. The molecule has 0 amide bonds. The molecule has 1 atom stereocenters. The Balaban J connectivity index is 4.39. The molecule has 0 fully saturated rings. The van der Waals surface area contributed by atoms with E-state index in [1.54, 1.807) is 13.0 Å². The Morgan fingerprint density at radius 1 is 0.846 bits per heavy atom. The number of carbonyl (C=O) groups excluding carboxylic acids is 2. The molecule has 0 radical (unpaired) electrons. The Bertz CT molecular complexity index is 585. The Morgan fingerprint density at radius 2 is 1.38 bits per heavy atom. The van der Waals surface area contributed by atoms with Gasteiger partial charge in [-0.05, 0) is 78.9 Å². The van der Waals surface area contributed by atoms with Crippen LogP contribution in [0.5, 0.6) is 0 Å². The van der Waals surface area contributed by atoms with Gasteiger partial charge in [0, 0.05) is 6.42 Å². The van der Waals surface area contributed by atoms with Crippen LogP contribution in [0.15, 0.2) is 46.6 Å². The van der Waals surface area contributed by atoms with Gasteiger partial charge in [-0.15, -0.1) is 0 Å². The number of carbonyl (C=O) groups is 2. The van der Waals surface area contributed by atoms with Crippen LogP contribution >= 0.6 is 0 Å². The first-order chi connectivity index (χ1) is 12.1. The summed E-state index contributed by atoms with van der Waals surface area (Å²) in [6.45, 7) is 11.8. The van der Waals surface area contributed by atoms with Gasteiger partial charge < -0.3 is 5.11 Å². The zero-order valence-corrected chi connectivity index (χ0v) is 17.4. The van der Waals surface area contributed by atoms with Crippen molar-refractivity contribution in [3.63, 3.8) is 0 Å². The van der Waals surface area contributed by atoms with Crippen molar-refractivity contribution in [3.8, 4) is 0 Å². The van der Waals surface area contributed by atoms with E-state index < -0.39 is 6.10 Å². The Morgan fingerprint density at radius 3 is 1.92 bits per heavy atom. The highest BCUT2D eigenvalue weighted by atomic mass is 16.3. The molecule has 0 spiro atoms. The molecule has 0 aliphatic heterocycles. The van der Waals surface area contributed by atoms with E-state index in [1.807, 2.05) is 20.8 Å². The van der Waals surface area contributed by atoms with Crippen LogP contribution in [0.2, 0.25) is 0 Å². The molecule has 0 saturated heterocycles. The lowest BCUT2D eigenvalue weighted by molar-refractivity contribution is -0.122. The molecule has 0 aromatic heterocycles. The van der Waals surface area contributed by atoms with Crippen LogP contribution in [0.3, 0.4) is 0 Å². The fourth-order valence-electron chi connectivity index (χ4n) is 2.49. The molecule has 0 saturated carbocycles. The van der Waals surface area contributed by atoms with Crippen molar-refractivity contribution < 1.29 is 14.7 Å². The molecule has 0 aromatic carbocycles. The number of rotatable bonds is 12. The van der Waals surface area contributed by atoms with Crippen LogP contribution < -0.4 is 0 Å². The molecule has 0 aliphatic carbocycles. The normalized spacial score (nSPS) is 14.2. The van der Waals surface area contributed by atoms with E-state index in [0.717, 1.165) is 42.4 Å². The highest BCUT2D eigenvalue weighted by molar-refractivity contribution is 5.93. The van der Waals surface area contributed by atoms with Gasteiger partial charge in [-0.2, -0.15) is 0 Å². The van der Waals surface area contributed by atoms with Crippen molar-refractivity contribution in [1.82, 2.24) is 0 Å². The zero-order valence-electron chi connectivity index (χ0n) is 17.4. The third-order valence-corrected chi connectivity index (χ3v) is 4.09. The van der Waals surface area contributed by atoms with Gasteiger partial charge in [-0.25, -0.2) is 0 Å². The molecule has 146 valence electrons. The minimum Gasteiger partial charge on any atom is -0.385 e. The topological polar surface area (TPSA) is 54.4 Å². The largest absolute Gasteiger partial charge is 0.385 e. The van der Waals surface area contributed by atoms with Crippen molar-refractivity contribution in [2.24, 2.45) is 0 Å². The summed E-state index contributed by atoms with van der Waals surface area (Å²) in [5, 5.41) is 9.49. The lowest BCUT2D eigenvalue weighted by Gasteiger charge is -2.04. The summed E-state index contributed by atoms with van der Waals surface area (Å²) in [5.74, 6) is -0.0865. The average molecular weight is 361 g/mol. The van der Waals surface area contributed by atoms with Crippen LogP contribution in [0.1, 0.15) is 80.1 Å². The van der Waals surface area contributed by atoms with Crippen LogP contribution in [-0.4, -0.2) is 22.8 Å². The number of aliphatic hydroxyl groups excluding tert-OH is 1. The number of hydrogen-bond acceptors (Lipinski definition) is 3. The number of allylic oxidation sites excluding steroid dienone is 7. The van der Waals surface area contributed by atoms with Crippen LogP contribution in [0, 0.1) is 0 Å². The molecule has 1 unspecified atom stereocenters. The molecule has 0 aromatic rings. The number of aliphatic hydroxyl groups is 1. The van der Waals surface area contributed by atoms with E-state index >= 15 is 0 Å². The van der Waals surface area contributed by atoms with E-state index in [9.17, 15) is 14.7 Å². The fraction of sp³-hybridized carbons (Fsp3) is 0.565. The first kappa shape index (κ1) is 24.3. The second-order valence-electron chi connectivity index (χ2n) is 7.36. The summed E-state index contributed by atoms with van der Waals surface area (Å²) < 4.78 is 0. The molecule has 3 heteroatoms. The van der Waals surface area contributed by atoms with E-state index in [0.29, 0.717) is 12.8 Å². The fourth-order valence-corrected chi connectivity index (χ4v) is 2.49. The van der Waals surface area contributed by atoms with Crippen molar-refractivity contribution in [1.29, 1.82) is 0 Å². The van der Waals surface area contributed by atoms with Crippen LogP contribution in [0.4, 0.5) is 0 Å². The summed E-state index contributed by atoms with van der Waals surface area (Å²) in [7, 11) is 0. The van der Waals surface area contributed by atoms with Gasteiger partial charge in [-0.3, -0.25) is 9.59 Å². The zero-order chi connectivity index (χ0) is 20.1. The summed E-state index contributed by atoms with van der Waals surface area (Å²) in [5.41, 5.74) is 4.43. The Hall–Kier alpha value is -1.74. The maximum atomic E-state index is 12.1. The second kappa shape index (κ2) is 13.5. The predicted molar refractivity (Wildman–Crippen MR) is 110 cm³/mol. The summed E-state index contributed by atoms with van der Waals surface area (Å²) in [6.07, 6.45) is 11.0. The second-order valence-corrected chi connectivity index (χ2v) is 7.36. The molecular weight excluding hydrogens is 324 g/mol. The molecule has 26 heavy (non-hydrogen) atoms. The lowest BCUT2D eigenvalue weighted by atomic mass is 10.0. The minimum absolute atomic E-state index is 0.141. The Kier molecular flexibility index (Phi) is 12.6. The van der Waals surface area contributed by atoms with Crippen molar-refractivity contribution >= 4 is 11.6 Å². The van der Waals surface area contributed by atoms with E-state index in [2.05, 4.69) is 26.0 Å². The minimum atomic E-state index is -0.897. The van der Waals surface area contributed by atoms with Gasteiger partial charge in [0.1, 0.15) is 6.10 Å². The van der Waals surface area contributed by atoms with Gasteiger partial charge in [0.05, 0.1) is 0 Å². The first-order valence-corrected chi connectivity index (χ1v) is 9.53. The van der Waals surface area contributed by atoms with Gasteiger partial charge >= 0.3 is 0 Å². The van der Waals surface area contributed by atoms with Gasteiger partial charge in [-0.1, -0.05) is 41.4 Å². The van der Waals surface area contributed by atoms with Gasteiger partial charge in [0.25, 0.3) is 0 Å². The maximum absolute atomic E-state index is 12.1. The SMILES string of the molecule is CCC(O)C(=O)/C=C(\C)CC/C=C(\C)CC(=O)/C=C(\C)CCC=C(C)C. The molecule has 1 N–H and O–H groups in total. The van der Waals surface area contributed by atoms with Crippen LogP contribution in [0.25, 0.3) is 0 Å². The Labute approximate surface area is 159 Å². The monoisotopic (exact) mass is 360 g/mol. The molecule has 0 rings (SSSR count). The quantitative estimate of drug-likeness (QED) is 0.361. The summed E-state index contributed by atoms with van der Waals surface area (Å²) >= 11 is 0.